The summed E-state index contributed by atoms with van der Waals surface area (Å²) in [5, 5.41) is 4.99. The van der Waals surface area contributed by atoms with Gasteiger partial charge in [0, 0.05) is 18.5 Å². The molecular weight excluding hydrogens is 312 g/mol. The molecule has 0 aliphatic carbocycles. The smallest absolute Gasteiger partial charge is 0.317 e. The Morgan fingerprint density at radius 1 is 1.26 bits per heavy atom. The molecule has 1 aliphatic heterocycles. The Hall–Kier alpha value is -2.21. The van der Waals surface area contributed by atoms with E-state index in [9.17, 15) is 4.79 Å². The minimum Gasteiger partial charge on any atom is -0.486 e. The molecule has 0 spiro atoms. The Balaban J connectivity index is 1.56. The van der Waals surface area contributed by atoms with Crippen molar-refractivity contribution in [1.29, 1.82) is 0 Å². The van der Waals surface area contributed by atoms with Gasteiger partial charge in [-0.15, -0.1) is 11.3 Å². The molecule has 0 radical (unpaired) electrons. The highest BCUT2D eigenvalue weighted by Crippen LogP contribution is 2.31. The Bertz CT molecular complexity index is 699. The standard InChI is InChI=1S/C17H20N2O3S/c1-12-5-8-23-16(12)10-18-17(20)19(2)11-13-3-4-14-15(9-13)22-7-6-21-14/h3-5,8-9H,6-7,10-11H2,1-2H3,(H,18,20). The van der Waals surface area contributed by atoms with E-state index >= 15 is 0 Å². The fraction of sp³-hybridized carbons (Fsp3) is 0.353. The lowest BCUT2D eigenvalue weighted by Crippen LogP contribution is -2.36. The maximum Gasteiger partial charge on any atom is 0.317 e. The largest absolute Gasteiger partial charge is 0.486 e. The number of hydrogen-bond acceptors (Lipinski definition) is 4. The van der Waals surface area contributed by atoms with Crippen LogP contribution in [0.5, 0.6) is 11.5 Å². The van der Waals surface area contributed by atoms with E-state index in [-0.39, 0.29) is 6.03 Å². The van der Waals surface area contributed by atoms with Gasteiger partial charge in [-0.05, 0) is 41.6 Å². The van der Waals surface area contributed by atoms with E-state index in [0.29, 0.717) is 26.3 Å². The van der Waals surface area contributed by atoms with E-state index in [1.54, 1.807) is 23.3 Å². The molecule has 3 rings (SSSR count). The van der Waals surface area contributed by atoms with Crippen molar-refractivity contribution in [1.82, 2.24) is 10.2 Å². The van der Waals surface area contributed by atoms with Crippen LogP contribution >= 0.6 is 11.3 Å². The third kappa shape index (κ3) is 3.76. The number of amides is 2. The zero-order chi connectivity index (χ0) is 16.2. The number of hydrogen-bond donors (Lipinski definition) is 1. The number of urea groups is 1. The first-order valence-corrected chi connectivity index (χ1v) is 8.42. The molecule has 1 aliphatic rings. The Morgan fingerprint density at radius 3 is 2.78 bits per heavy atom. The summed E-state index contributed by atoms with van der Waals surface area (Å²) in [6.45, 7) is 4.28. The van der Waals surface area contributed by atoms with Crippen LogP contribution in [0.1, 0.15) is 16.0 Å². The lowest BCUT2D eigenvalue weighted by atomic mass is 10.2. The number of rotatable bonds is 4. The predicted molar refractivity (Wildman–Crippen MR) is 90.2 cm³/mol. The second-order valence-electron chi connectivity index (χ2n) is 5.52. The summed E-state index contributed by atoms with van der Waals surface area (Å²) < 4.78 is 11.1. The number of aryl methyl sites for hydroxylation is 1. The molecule has 0 bridgehead atoms. The summed E-state index contributed by atoms with van der Waals surface area (Å²) in [7, 11) is 1.79. The van der Waals surface area contributed by atoms with Crippen LogP contribution in [0.25, 0.3) is 0 Å². The molecular formula is C17H20N2O3S. The summed E-state index contributed by atoms with van der Waals surface area (Å²) >= 11 is 1.66. The molecule has 0 saturated carbocycles. The van der Waals surface area contributed by atoms with Crippen LogP contribution in [-0.4, -0.2) is 31.2 Å². The Kier molecular flexibility index (Phi) is 4.71. The summed E-state index contributed by atoms with van der Waals surface area (Å²) in [6, 6.07) is 7.76. The summed E-state index contributed by atoms with van der Waals surface area (Å²) in [4.78, 5) is 15.1. The van der Waals surface area contributed by atoms with E-state index in [2.05, 4.69) is 18.3 Å². The highest BCUT2D eigenvalue weighted by Gasteiger charge is 2.14. The van der Waals surface area contributed by atoms with Crippen LogP contribution in [0.2, 0.25) is 0 Å². The maximum absolute atomic E-state index is 12.2. The lowest BCUT2D eigenvalue weighted by molar-refractivity contribution is 0.171. The average Bonchev–Trinajstić information content (AvgIpc) is 2.97. The molecule has 0 fully saturated rings. The van der Waals surface area contributed by atoms with Crippen molar-refractivity contribution in [2.45, 2.75) is 20.0 Å². The number of benzene rings is 1. The number of thiophene rings is 1. The van der Waals surface area contributed by atoms with Gasteiger partial charge in [0.2, 0.25) is 0 Å². The molecule has 122 valence electrons. The minimum absolute atomic E-state index is 0.0901. The van der Waals surface area contributed by atoms with Crippen LogP contribution in [-0.2, 0) is 13.1 Å². The highest BCUT2D eigenvalue weighted by atomic mass is 32.1. The predicted octanol–water partition coefficient (Wildman–Crippen LogP) is 3.17. The van der Waals surface area contributed by atoms with Crippen LogP contribution in [0.4, 0.5) is 4.79 Å². The fourth-order valence-electron chi connectivity index (χ4n) is 2.41. The molecule has 0 saturated heterocycles. The minimum atomic E-state index is -0.0901. The van der Waals surface area contributed by atoms with Crippen molar-refractivity contribution in [2.75, 3.05) is 20.3 Å². The molecule has 2 aromatic rings. The number of carbonyl (C=O) groups excluding carboxylic acids is 1. The van der Waals surface area contributed by atoms with Gasteiger partial charge in [0.1, 0.15) is 13.2 Å². The van der Waals surface area contributed by atoms with Gasteiger partial charge in [-0.3, -0.25) is 0 Å². The molecule has 0 atom stereocenters. The zero-order valence-corrected chi connectivity index (χ0v) is 14.1. The van der Waals surface area contributed by atoms with Crippen molar-refractivity contribution in [3.05, 3.63) is 45.6 Å². The zero-order valence-electron chi connectivity index (χ0n) is 13.3. The van der Waals surface area contributed by atoms with Gasteiger partial charge in [-0.25, -0.2) is 4.79 Å². The number of carbonyl (C=O) groups is 1. The molecule has 2 amide bonds. The number of nitrogens with zero attached hydrogens (tertiary/aromatic N) is 1. The van der Waals surface area contributed by atoms with Crippen LogP contribution in [0.3, 0.4) is 0 Å². The van der Waals surface area contributed by atoms with Gasteiger partial charge < -0.3 is 19.7 Å². The molecule has 0 unspecified atom stereocenters. The van der Waals surface area contributed by atoms with Crippen molar-refractivity contribution < 1.29 is 14.3 Å². The quantitative estimate of drug-likeness (QED) is 0.935. The van der Waals surface area contributed by atoms with Gasteiger partial charge in [0.05, 0.1) is 6.54 Å². The van der Waals surface area contributed by atoms with E-state index in [1.807, 2.05) is 23.6 Å². The van der Waals surface area contributed by atoms with Crippen molar-refractivity contribution in [2.24, 2.45) is 0 Å². The van der Waals surface area contributed by atoms with Gasteiger partial charge >= 0.3 is 6.03 Å². The molecule has 2 heterocycles. The highest BCUT2D eigenvalue weighted by molar-refractivity contribution is 7.10. The van der Waals surface area contributed by atoms with Crippen LogP contribution in [0, 0.1) is 6.92 Å². The third-order valence-corrected chi connectivity index (χ3v) is 4.76. The summed E-state index contributed by atoms with van der Waals surface area (Å²) in [6.07, 6.45) is 0. The monoisotopic (exact) mass is 332 g/mol. The first-order valence-electron chi connectivity index (χ1n) is 7.54. The average molecular weight is 332 g/mol. The van der Waals surface area contributed by atoms with E-state index in [0.717, 1.165) is 17.1 Å². The Morgan fingerprint density at radius 2 is 2.04 bits per heavy atom. The second kappa shape index (κ2) is 6.91. The molecule has 23 heavy (non-hydrogen) atoms. The SMILES string of the molecule is Cc1ccsc1CNC(=O)N(C)Cc1ccc2c(c1)OCCO2. The maximum atomic E-state index is 12.2. The number of fused-ring (bicyclic) bond motifs is 1. The van der Waals surface area contributed by atoms with Gasteiger partial charge in [0.25, 0.3) is 0 Å². The van der Waals surface area contributed by atoms with E-state index < -0.39 is 0 Å². The van der Waals surface area contributed by atoms with Crippen molar-refractivity contribution in [3.8, 4) is 11.5 Å². The fourth-order valence-corrected chi connectivity index (χ4v) is 3.25. The van der Waals surface area contributed by atoms with Crippen LogP contribution < -0.4 is 14.8 Å². The van der Waals surface area contributed by atoms with E-state index in [1.165, 1.54) is 10.4 Å². The van der Waals surface area contributed by atoms with Crippen molar-refractivity contribution >= 4 is 17.4 Å². The first kappa shape index (κ1) is 15.7. The molecule has 1 aromatic carbocycles. The summed E-state index contributed by atoms with van der Waals surface area (Å²) in [5.74, 6) is 1.51. The lowest BCUT2D eigenvalue weighted by Gasteiger charge is -2.21. The number of nitrogens with one attached hydrogen (secondary N) is 1. The van der Waals surface area contributed by atoms with Gasteiger partial charge in [-0.2, -0.15) is 0 Å². The van der Waals surface area contributed by atoms with Crippen molar-refractivity contribution in [3.63, 3.8) is 0 Å². The van der Waals surface area contributed by atoms with Gasteiger partial charge in [-0.1, -0.05) is 6.07 Å². The molecule has 1 N–H and O–H groups in total. The second-order valence-corrected chi connectivity index (χ2v) is 6.52. The topological polar surface area (TPSA) is 50.8 Å². The van der Waals surface area contributed by atoms with Gasteiger partial charge in [0.15, 0.2) is 11.5 Å². The summed E-state index contributed by atoms with van der Waals surface area (Å²) in [5.41, 5.74) is 2.23. The normalized spacial score (nSPS) is 12.8. The third-order valence-electron chi connectivity index (χ3n) is 3.74. The Labute approximate surface area is 139 Å². The van der Waals surface area contributed by atoms with Crippen LogP contribution in [0.15, 0.2) is 29.6 Å². The van der Waals surface area contributed by atoms with E-state index in [4.69, 9.17) is 9.47 Å². The number of ether oxygens (including phenoxy) is 2. The molecule has 1 aromatic heterocycles. The first-order chi connectivity index (χ1) is 11.1. The molecule has 5 nitrogen and oxygen atoms in total. The molecule has 6 heteroatoms.